The van der Waals surface area contributed by atoms with E-state index in [0.717, 1.165) is 21.6 Å². The van der Waals surface area contributed by atoms with E-state index >= 15 is 0 Å². The van der Waals surface area contributed by atoms with Crippen LogP contribution in [0.4, 0.5) is 0 Å². The SMILES string of the molecule is N=C(N)c1ccc(CN2CCN(S(=O)(=O)c3cc4nc(Cl)ccc4s3)CC2=O)cc1. The number of pyridine rings is 1. The van der Waals surface area contributed by atoms with Gasteiger partial charge >= 0.3 is 0 Å². The first-order chi connectivity index (χ1) is 14.2. The maximum Gasteiger partial charge on any atom is 0.253 e. The van der Waals surface area contributed by atoms with Crippen LogP contribution in [0.5, 0.6) is 0 Å². The van der Waals surface area contributed by atoms with E-state index in [0.29, 0.717) is 29.3 Å². The highest BCUT2D eigenvalue weighted by Gasteiger charge is 2.34. The molecule has 1 aliphatic heterocycles. The molecule has 0 radical (unpaired) electrons. The van der Waals surface area contributed by atoms with Gasteiger partial charge in [-0.15, -0.1) is 11.3 Å². The van der Waals surface area contributed by atoms with Gasteiger partial charge in [-0.3, -0.25) is 10.2 Å². The molecule has 30 heavy (non-hydrogen) atoms. The average Bonchev–Trinajstić information content (AvgIpc) is 3.14. The molecule has 1 fully saturated rings. The fourth-order valence-electron chi connectivity index (χ4n) is 3.20. The predicted molar refractivity (Wildman–Crippen MR) is 116 cm³/mol. The van der Waals surface area contributed by atoms with E-state index in [1.807, 2.05) is 12.1 Å². The van der Waals surface area contributed by atoms with Crippen LogP contribution in [0.2, 0.25) is 5.15 Å². The van der Waals surface area contributed by atoms with Crippen molar-refractivity contribution in [3.8, 4) is 0 Å². The van der Waals surface area contributed by atoms with E-state index < -0.39 is 10.0 Å². The molecule has 156 valence electrons. The van der Waals surface area contributed by atoms with Crippen molar-refractivity contribution in [2.45, 2.75) is 10.8 Å². The second-order valence-corrected chi connectivity index (χ2v) is 10.5. The average molecular weight is 464 g/mol. The quantitative estimate of drug-likeness (QED) is 0.341. The summed E-state index contributed by atoms with van der Waals surface area (Å²) in [5, 5.41) is 7.73. The van der Waals surface area contributed by atoms with Crippen molar-refractivity contribution < 1.29 is 13.2 Å². The molecule has 1 aromatic carbocycles. The first-order valence-electron chi connectivity index (χ1n) is 9.01. The van der Waals surface area contributed by atoms with Gasteiger partial charge in [-0.2, -0.15) is 4.31 Å². The number of amides is 1. The van der Waals surface area contributed by atoms with E-state index in [-0.39, 0.29) is 29.0 Å². The summed E-state index contributed by atoms with van der Waals surface area (Å²) in [6.45, 7) is 0.663. The van der Waals surface area contributed by atoms with Crippen LogP contribution in [0.25, 0.3) is 10.2 Å². The molecule has 0 bridgehead atoms. The Balaban J connectivity index is 1.47. The normalized spacial score (nSPS) is 15.6. The molecule has 0 aliphatic carbocycles. The number of thiophene rings is 1. The third-order valence-corrected chi connectivity index (χ3v) is 8.43. The number of nitrogen functional groups attached to an aromatic ring is 1. The summed E-state index contributed by atoms with van der Waals surface area (Å²) < 4.78 is 28.1. The molecular weight excluding hydrogens is 446 g/mol. The molecule has 1 aliphatic rings. The van der Waals surface area contributed by atoms with E-state index in [1.54, 1.807) is 29.2 Å². The molecule has 1 saturated heterocycles. The third-order valence-electron chi connectivity index (χ3n) is 4.83. The van der Waals surface area contributed by atoms with Crippen molar-refractivity contribution in [2.75, 3.05) is 19.6 Å². The summed E-state index contributed by atoms with van der Waals surface area (Å²) >= 11 is 7.00. The van der Waals surface area contributed by atoms with E-state index in [2.05, 4.69) is 4.98 Å². The van der Waals surface area contributed by atoms with Gasteiger partial charge < -0.3 is 10.6 Å². The van der Waals surface area contributed by atoms with Crippen LogP contribution < -0.4 is 5.73 Å². The Morgan fingerprint density at radius 2 is 1.93 bits per heavy atom. The molecule has 0 saturated carbocycles. The van der Waals surface area contributed by atoms with Gasteiger partial charge in [-0.05, 0) is 23.8 Å². The number of rotatable bonds is 5. The topological polar surface area (TPSA) is 120 Å². The molecule has 0 unspecified atom stereocenters. The lowest BCUT2D eigenvalue weighted by Gasteiger charge is -2.33. The van der Waals surface area contributed by atoms with Gasteiger partial charge in [-0.25, -0.2) is 13.4 Å². The Labute approximate surface area is 182 Å². The largest absolute Gasteiger partial charge is 0.384 e. The van der Waals surface area contributed by atoms with Gasteiger partial charge in [0.15, 0.2) is 0 Å². The summed E-state index contributed by atoms with van der Waals surface area (Å²) in [7, 11) is -3.80. The number of fused-ring (bicyclic) bond motifs is 1. The molecule has 3 heterocycles. The fourth-order valence-corrected chi connectivity index (χ4v) is 6.21. The highest BCUT2D eigenvalue weighted by Crippen LogP contribution is 2.31. The zero-order valence-corrected chi connectivity index (χ0v) is 18.1. The van der Waals surface area contributed by atoms with Crippen molar-refractivity contribution in [2.24, 2.45) is 5.73 Å². The van der Waals surface area contributed by atoms with Gasteiger partial charge in [-0.1, -0.05) is 35.9 Å². The summed E-state index contributed by atoms with van der Waals surface area (Å²) in [6, 6.07) is 11.9. The number of amidine groups is 1. The Kier molecular flexibility index (Phi) is 5.49. The van der Waals surface area contributed by atoms with Gasteiger partial charge in [0.2, 0.25) is 5.91 Å². The number of carbonyl (C=O) groups excluding carboxylic acids is 1. The number of hydrogen-bond donors (Lipinski definition) is 2. The summed E-state index contributed by atoms with van der Waals surface area (Å²) in [5.41, 5.74) is 7.47. The van der Waals surface area contributed by atoms with E-state index in [1.165, 1.54) is 10.4 Å². The van der Waals surface area contributed by atoms with Crippen LogP contribution in [0.15, 0.2) is 46.7 Å². The van der Waals surface area contributed by atoms with Crippen LogP contribution in [0.3, 0.4) is 0 Å². The van der Waals surface area contributed by atoms with Crippen LogP contribution in [-0.2, 0) is 21.4 Å². The van der Waals surface area contributed by atoms with Crippen LogP contribution >= 0.6 is 22.9 Å². The van der Waals surface area contributed by atoms with Crippen LogP contribution in [0, 0.1) is 5.41 Å². The maximum atomic E-state index is 13.0. The van der Waals surface area contributed by atoms with Gasteiger partial charge in [0.1, 0.15) is 15.2 Å². The van der Waals surface area contributed by atoms with Crippen LogP contribution in [0.1, 0.15) is 11.1 Å². The number of nitrogens with zero attached hydrogens (tertiary/aromatic N) is 3. The minimum atomic E-state index is -3.80. The lowest BCUT2D eigenvalue weighted by molar-refractivity contribution is -0.134. The third kappa shape index (κ3) is 4.04. The number of halogens is 1. The Morgan fingerprint density at radius 1 is 1.20 bits per heavy atom. The second-order valence-electron chi connectivity index (χ2n) is 6.85. The number of aromatic nitrogens is 1. The number of nitrogens with two attached hydrogens (primary N) is 1. The Morgan fingerprint density at radius 3 is 2.60 bits per heavy atom. The first-order valence-corrected chi connectivity index (χ1v) is 11.6. The lowest BCUT2D eigenvalue weighted by atomic mass is 10.1. The number of carbonyl (C=O) groups is 1. The number of benzene rings is 1. The standard InChI is InChI=1S/C19H18ClN5O3S2/c20-16-6-5-15-14(23-16)9-18(29-15)30(27,28)25-8-7-24(17(26)11-25)10-12-1-3-13(4-2-12)19(21)22/h1-6,9H,7-8,10-11H2,(H3,21,22). The molecule has 4 rings (SSSR count). The Bertz CT molecular complexity index is 1240. The fraction of sp³-hybridized carbons (Fsp3) is 0.211. The number of piperazine rings is 1. The van der Waals surface area contributed by atoms with Gasteiger partial charge in [0.05, 0.1) is 16.8 Å². The molecule has 3 N–H and O–H groups in total. The number of nitrogens with one attached hydrogen (secondary N) is 1. The lowest BCUT2D eigenvalue weighted by Crippen LogP contribution is -2.51. The molecule has 3 aromatic rings. The molecule has 11 heteroatoms. The van der Waals surface area contributed by atoms with Crippen molar-refractivity contribution in [3.63, 3.8) is 0 Å². The number of sulfonamides is 1. The van der Waals surface area contributed by atoms with Crippen molar-refractivity contribution >= 4 is 54.9 Å². The highest BCUT2D eigenvalue weighted by atomic mass is 35.5. The molecule has 0 atom stereocenters. The maximum absolute atomic E-state index is 13.0. The van der Waals surface area contributed by atoms with Crippen molar-refractivity contribution in [1.29, 1.82) is 5.41 Å². The second kappa shape index (κ2) is 7.95. The van der Waals surface area contributed by atoms with Gasteiger partial charge in [0.25, 0.3) is 10.0 Å². The molecule has 0 spiro atoms. The zero-order chi connectivity index (χ0) is 21.5. The van der Waals surface area contributed by atoms with Crippen molar-refractivity contribution in [3.05, 3.63) is 58.7 Å². The predicted octanol–water partition coefficient (Wildman–Crippen LogP) is 2.27. The molecule has 8 nitrogen and oxygen atoms in total. The smallest absolute Gasteiger partial charge is 0.253 e. The summed E-state index contributed by atoms with van der Waals surface area (Å²) in [6.07, 6.45) is 0. The van der Waals surface area contributed by atoms with Crippen LogP contribution in [-0.4, -0.2) is 54.0 Å². The van der Waals surface area contributed by atoms with Gasteiger partial charge in [0, 0.05) is 25.2 Å². The minimum absolute atomic E-state index is 0.0184. The monoisotopic (exact) mass is 463 g/mol. The molecule has 1 amide bonds. The van der Waals surface area contributed by atoms with E-state index in [4.69, 9.17) is 22.7 Å². The number of hydrogen-bond acceptors (Lipinski definition) is 6. The molecule has 2 aromatic heterocycles. The highest BCUT2D eigenvalue weighted by molar-refractivity contribution is 7.91. The summed E-state index contributed by atoms with van der Waals surface area (Å²) in [4.78, 5) is 18.4. The summed E-state index contributed by atoms with van der Waals surface area (Å²) in [5.74, 6) is -0.280. The molecular formula is C19H18ClN5O3S2. The minimum Gasteiger partial charge on any atom is -0.384 e. The Hall–Kier alpha value is -2.53. The van der Waals surface area contributed by atoms with E-state index in [9.17, 15) is 13.2 Å². The van der Waals surface area contributed by atoms with Crippen molar-refractivity contribution in [1.82, 2.24) is 14.2 Å². The zero-order valence-electron chi connectivity index (χ0n) is 15.7. The first kappa shape index (κ1) is 20.7.